The van der Waals surface area contributed by atoms with E-state index in [2.05, 4.69) is 4.74 Å². The van der Waals surface area contributed by atoms with Gasteiger partial charge in [-0.15, -0.1) is 0 Å². The summed E-state index contributed by atoms with van der Waals surface area (Å²) in [4.78, 5) is 25.4. The third-order valence-corrected chi connectivity index (χ3v) is 5.26. The van der Waals surface area contributed by atoms with Gasteiger partial charge in [-0.05, 0) is 38.0 Å². The normalized spacial score (nSPS) is 16.3. The fourth-order valence-corrected chi connectivity index (χ4v) is 3.85. The molecule has 0 radical (unpaired) electrons. The predicted octanol–water partition coefficient (Wildman–Crippen LogP) is 4.54. The van der Waals surface area contributed by atoms with Crippen LogP contribution in [0.25, 0.3) is 0 Å². The van der Waals surface area contributed by atoms with Crippen LogP contribution in [-0.4, -0.2) is 31.8 Å². The number of hydrogen-bond donors (Lipinski definition) is 0. The first-order chi connectivity index (χ1) is 13.1. The molecule has 0 amide bonds. The van der Waals surface area contributed by atoms with E-state index in [1.54, 1.807) is 31.2 Å². The second kappa shape index (κ2) is 8.72. The molecule has 0 saturated heterocycles. The molecule has 0 aromatic heterocycles. The number of esters is 2. The van der Waals surface area contributed by atoms with Crippen molar-refractivity contribution in [3.63, 3.8) is 0 Å². The Labute approximate surface area is 165 Å². The molecule has 0 saturated carbocycles. The van der Waals surface area contributed by atoms with Crippen LogP contribution in [0.4, 0.5) is 18.9 Å². The van der Waals surface area contributed by atoms with Crippen molar-refractivity contribution in [2.45, 2.75) is 33.4 Å². The summed E-state index contributed by atoms with van der Waals surface area (Å²) in [6, 6.07) is 6.84. The lowest BCUT2D eigenvalue weighted by atomic mass is 10.1. The van der Waals surface area contributed by atoms with E-state index in [-0.39, 0.29) is 17.2 Å². The standard InChI is InChI=1S/C19H20F3NO4S/c1-5-12-7-9-13(10-8-12)23-11(3)15(18(25)27-6-2)28-16(23)14(17(24)26-4)19(20,21)22/h7-10H,5-6H2,1-4H3/b16-14+. The molecule has 1 aromatic rings. The molecule has 0 spiro atoms. The van der Waals surface area contributed by atoms with Gasteiger partial charge in [0.25, 0.3) is 0 Å². The summed E-state index contributed by atoms with van der Waals surface area (Å²) in [5.41, 5.74) is 0.158. The van der Waals surface area contributed by atoms with Gasteiger partial charge in [-0.25, -0.2) is 9.59 Å². The summed E-state index contributed by atoms with van der Waals surface area (Å²) in [5, 5.41) is -0.441. The molecule has 0 unspecified atom stereocenters. The zero-order chi connectivity index (χ0) is 21.1. The number of hydrogen-bond acceptors (Lipinski definition) is 6. The fraction of sp³-hybridized carbons (Fsp3) is 0.368. The summed E-state index contributed by atoms with van der Waals surface area (Å²) in [5.74, 6) is -2.27. The number of thioether (sulfide) groups is 1. The number of ether oxygens (including phenoxy) is 2. The molecular formula is C19H20F3NO4S. The van der Waals surface area contributed by atoms with Crippen molar-refractivity contribution >= 4 is 29.4 Å². The first kappa shape index (κ1) is 21.9. The van der Waals surface area contributed by atoms with Crippen molar-refractivity contribution < 1.29 is 32.2 Å². The number of halogens is 3. The minimum Gasteiger partial charge on any atom is -0.465 e. The minimum absolute atomic E-state index is 0.0120. The van der Waals surface area contributed by atoms with Crippen LogP contribution in [0.3, 0.4) is 0 Å². The summed E-state index contributed by atoms with van der Waals surface area (Å²) < 4.78 is 50.4. The minimum atomic E-state index is -4.97. The number of alkyl halides is 3. The fourth-order valence-electron chi connectivity index (χ4n) is 2.64. The molecule has 0 bridgehead atoms. The van der Waals surface area contributed by atoms with Gasteiger partial charge in [0.2, 0.25) is 0 Å². The number of anilines is 1. The molecule has 1 aliphatic rings. The highest BCUT2D eigenvalue weighted by Gasteiger charge is 2.47. The smallest absolute Gasteiger partial charge is 0.425 e. The Hall–Kier alpha value is -2.42. The van der Waals surface area contributed by atoms with E-state index in [4.69, 9.17) is 4.74 Å². The Balaban J connectivity index is 2.70. The molecule has 1 aromatic carbocycles. The van der Waals surface area contributed by atoms with Gasteiger partial charge < -0.3 is 14.4 Å². The highest BCUT2D eigenvalue weighted by Crippen LogP contribution is 2.48. The molecule has 0 atom stereocenters. The van der Waals surface area contributed by atoms with Gasteiger partial charge >= 0.3 is 18.1 Å². The molecular weight excluding hydrogens is 395 g/mol. The van der Waals surface area contributed by atoms with Crippen LogP contribution in [0.5, 0.6) is 0 Å². The van der Waals surface area contributed by atoms with E-state index in [1.807, 2.05) is 6.92 Å². The summed E-state index contributed by atoms with van der Waals surface area (Å²) in [6.07, 6.45) is -4.21. The van der Waals surface area contributed by atoms with E-state index in [0.717, 1.165) is 19.1 Å². The van der Waals surface area contributed by atoms with Crippen molar-refractivity contribution in [1.29, 1.82) is 0 Å². The Morgan fingerprint density at radius 1 is 1.14 bits per heavy atom. The van der Waals surface area contributed by atoms with Gasteiger partial charge in [0, 0.05) is 11.4 Å². The lowest BCUT2D eigenvalue weighted by Gasteiger charge is -2.24. The van der Waals surface area contributed by atoms with Crippen LogP contribution >= 0.6 is 11.8 Å². The average Bonchev–Trinajstić information content (AvgIpc) is 2.97. The Morgan fingerprint density at radius 2 is 1.75 bits per heavy atom. The zero-order valence-electron chi connectivity index (χ0n) is 15.8. The second-order valence-electron chi connectivity index (χ2n) is 5.76. The highest BCUT2D eigenvalue weighted by molar-refractivity contribution is 8.08. The average molecular weight is 415 g/mol. The third-order valence-electron chi connectivity index (χ3n) is 4.02. The monoisotopic (exact) mass is 415 g/mol. The molecule has 152 valence electrons. The van der Waals surface area contributed by atoms with Crippen molar-refractivity contribution in [3.8, 4) is 0 Å². The van der Waals surface area contributed by atoms with Gasteiger partial charge in [-0.1, -0.05) is 30.8 Å². The summed E-state index contributed by atoms with van der Waals surface area (Å²) >= 11 is 0.548. The van der Waals surface area contributed by atoms with Crippen LogP contribution in [0.2, 0.25) is 0 Å². The van der Waals surface area contributed by atoms with Crippen molar-refractivity contribution in [2.24, 2.45) is 0 Å². The molecule has 0 N–H and O–H groups in total. The van der Waals surface area contributed by atoms with E-state index in [1.165, 1.54) is 11.8 Å². The van der Waals surface area contributed by atoms with Gasteiger partial charge in [0.1, 0.15) is 9.93 Å². The number of methoxy groups -OCH3 is 1. The van der Waals surface area contributed by atoms with Crippen LogP contribution in [0.1, 0.15) is 26.3 Å². The van der Waals surface area contributed by atoms with Crippen LogP contribution < -0.4 is 4.90 Å². The highest BCUT2D eigenvalue weighted by atomic mass is 32.2. The second-order valence-corrected chi connectivity index (χ2v) is 6.76. The number of carbonyl (C=O) groups excluding carboxylic acids is 2. The molecule has 28 heavy (non-hydrogen) atoms. The maximum absolute atomic E-state index is 13.7. The predicted molar refractivity (Wildman–Crippen MR) is 100 cm³/mol. The van der Waals surface area contributed by atoms with Gasteiger partial charge in [-0.3, -0.25) is 0 Å². The SMILES string of the molecule is CCOC(=O)C1=C(C)N(c2ccc(CC)cc2)/C(=C(/C(=O)OC)C(F)(F)F)S1. The van der Waals surface area contributed by atoms with Gasteiger partial charge in [0.15, 0.2) is 5.57 Å². The molecule has 2 rings (SSSR count). The molecule has 5 nitrogen and oxygen atoms in total. The lowest BCUT2D eigenvalue weighted by Crippen LogP contribution is -2.28. The number of allylic oxidation sites excluding steroid dienone is 1. The Bertz CT molecular complexity index is 829. The summed E-state index contributed by atoms with van der Waals surface area (Å²) in [6.45, 7) is 5.13. The molecule has 1 heterocycles. The number of aryl methyl sites for hydroxylation is 1. The number of rotatable bonds is 5. The lowest BCUT2D eigenvalue weighted by molar-refractivity contribution is -0.148. The topological polar surface area (TPSA) is 55.8 Å². The van der Waals surface area contributed by atoms with Crippen molar-refractivity contribution in [1.82, 2.24) is 0 Å². The first-order valence-electron chi connectivity index (χ1n) is 8.50. The van der Waals surface area contributed by atoms with Crippen LogP contribution in [0.15, 0.2) is 45.5 Å². The zero-order valence-corrected chi connectivity index (χ0v) is 16.7. The van der Waals surface area contributed by atoms with Crippen LogP contribution in [0, 0.1) is 0 Å². The van der Waals surface area contributed by atoms with E-state index < -0.39 is 28.7 Å². The van der Waals surface area contributed by atoms with Gasteiger partial charge in [-0.2, -0.15) is 13.2 Å². The summed E-state index contributed by atoms with van der Waals surface area (Å²) in [7, 11) is 0.876. The van der Waals surface area contributed by atoms with Gasteiger partial charge in [0.05, 0.1) is 13.7 Å². The van der Waals surface area contributed by atoms with Crippen LogP contribution in [-0.2, 0) is 25.5 Å². The molecule has 9 heteroatoms. The Morgan fingerprint density at radius 3 is 2.21 bits per heavy atom. The third kappa shape index (κ3) is 4.35. The molecule has 1 aliphatic heterocycles. The Kier molecular flexibility index (Phi) is 6.82. The quantitative estimate of drug-likeness (QED) is 0.520. The molecule has 0 fully saturated rings. The number of nitrogens with zero attached hydrogens (tertiary/aromatic N) is 1. The maximum atomic E-state index is 13.7. The maximum Gasteiger partial charge on any atom is 0.425 e. The number of carbonyl (C=O) groups is 2. The first-order valence-corrected chi connectivity index (χ1v) is 9.32. The van der Waals surface area contributed by atoms with E-state index in [0.29, 0.717) is 17.4 Å². The largest absolute Gasteiger partial charge is 0.465 e. The number of benzene rings is 1. The molecule has 0 aliphatic carbocycles. The van der Waals surface area contributed by atoms with E-state index >= 15 is 0 Å². The van der Waals surface area contributed by atoms with Crippen molar-refractivity contribution in [3.05, 3.63) is 51.0 Å². The van der Waals surface area contributed by atoms with Crippen molar-refractivity contribution in [2.75, 3.05) is 18.6 Å². The van der Waals surface area contributed by atoms with E-state index in [9.17, 15) is 22.8 Å².